The topological polar surface area (TPSA) is 92.8 Å². The molecule has 2 aromatic carbocycles. The number of fused-ring (bicyclic) bond motifs is 1. The highest BCUT2D eigenvalue weighted by Crippen LogP contribution is 2.28. The van der Waals surface area contributed by atoms with Crippen LogP contribution in [0.3, 0.4) is 0 Å². The van der Waals surface area contributed by atoms with E-state index >= 15 is 0 Å². The molecule has 190 valence electrons. The van der Waals surface area contributed by atoms with Crippen LogP contribution in [0.2, 0.25) is 0 Å². The summed E-state index contributed by atoms with van der Waals surface area (Å²) in [6, 6.07) is 20.2. The van der Waals surface area contributed by atoms with Crippen LogP contribution in [0.4, 0.5) is 0 Å². The molecule has 3 aromatic heterocycles. The Labute approximate surface area is 215 Å². The average Bonchev–Trinajstić information content (AvgIpc) is 3.57. The summed E-state index contributed by atoms with van der Waals surface area (Å²) in [7, 11) is 0. The van der Waals surface area contributed by atoms with Gasteiger partial charge in [-0.05, 0) is 83.1 Å². The number of hydrogen-bond acceptors (Lipinski definition) is 6. The van der Waals surface area contributed by atoms with Crippen molar-refractivity contribution >= 4 is 10.9 Å². The first-order valence-electron chi connectivity index (χ1n) is 12.7. The summed E-state index contributed by atoms with van der Waals surface area (Å²) < 4.78 is 7.35. The number of pyridine rings is 1. The minimum absolute atomic E-state index is 0.0701. The van der Waals surface area contributed by atoms with E-state index < -0.39 is 0 Å². The van der Waals surface area contributed by atoms with Crippen LogP contribution >= 0.6 is 0 Å². The highest BCUT2D eigenvalue weighted by atomic mass is 16.3. The zero-order valence-electron chi connectivity index (χ0n) is 21.5. The lowest BCUT2D eigenvalue weighted by molar-refractivity contribution is 0.155. The van der Waals surface area contributed by atoms with E-state index in [-0.39, 0.29) is 11.6 Å². The van der Waals surface area contributed by atoms with Gasteiger partial charge in [0.2, 0.25) is 0 Å². The molecule has 0 radical (unpaired) electrons. The molecule has 0 aliphatic carbocycles. The summed E-state index contributed by atoms with van der Waals surface area (Å²) in [5.41, 5.74) is 5.04. The maximum atomic E-state index is 13.2. The third-order valence-electron chi connectivity index (χ3n) is 6.88. The fourth-order valence-corrected chi connectivity index (χ4v) is 4.81. The second-order valence-electron chi connectivity index (χ2n) is 9.62. The quantitative estimate of drug-likeness (QED) is 0.281. The van der Waals surface area contributed by atoms with E-state index in [9.17, 15) is 4.79 Å². The smallest absolute Gasteiger partial charge is 0.252 e. The zero-order valence-corrected chi connectivity index (χ0v) is 21.5. The number of nitrogens with one attached hydrogen (secondary N) is 1. The van der Waals surface area contributed by atoms with Crippen molar-refractivity contribution in [1.29, 1.82) is 0 Å². The highest BCUT2D eigenvalue weighted by Gasteiger charge is 2.27. The van der Waals surface area contributed by atoms with Gasteiger partial charge < -0.3 is 9.40 Å². The molecule has 0 spiro atoms. The van der Waals surface area contributed by atoms with Gasteiger partial charge in [-0.25, -0.2) is 4.68 Å². The maximum absolute atomic E-state index is 13.2. The number of aromatic amines is 1. The van der Waals surface area contributed by atoms with Crippen LogP contribution in [0.25, 0.3) is 10.9 Å². The van der Waals surface area contributed by atoms with Gasteiger partial charge in [0.25, 0.3) is 5.56 Å². The van der Waals surface area contributed by atoms with Crippen molar-refractivity contribution in [3.05, 3.63) is 111 Å². The molecule has 37 heavy (non-hydrogen) atoms. The van der Waals surface area contributed by atoms with Crippen molar-refractivity contribution in [2.75, 3.05) is 0 Å². The summed E-state index contributed by atoms with van der Waals surface area (Å²) >= 11 is 0. The standard InChI is InChI=1S/C29H32N6O2/c1-4-9-27(28-31-32-33-35(28)19-25-12-8-13-37-25)34(17-22-10-6-5-7-11-22)18-24-16-23-14-20(2)21(3)15-26(23)30-29(24)36/h5-8,10-16,27H,4,9,17-19H2,1-3H3,(H,30,36). The zero-order chi connectivity index (χ0) is 25.8. The molecule has 0 bridgehead atoms. The summed E-state index contributed by atoms with van der Waals surface area (Å²) in [5, 5.41) is 13.8. The largest absolute Gasteiger partial charge is 0.467 e. The first-order chi connectivity index (χ1) is 18.0. The fraction of sp³-hybridized carbons (Fsp3) is 0.310. The number of nitrogens with zero attached hydrogens (tertiary/aromatic N) is 5. The monoisotopic (exact) mass is 496 g/mol. The van der Waals surface area contributed by atoms with Crippen LogP contribution in [0.5, 0.6) is 0 Å². The van der Waals surface area contributed by atoms with Crippen LogP contribution in [0.1, 0.15) is 59.6 Å². The Hall–Kier alpha value is -4.04. The van der Waals surface area contributed by atoms with Gasteiger partial charge in [-0.1, -0.05) is 43.7 Å². The van der Waals surface area contributed by atoms with Crippen molar-refractivity contribution in [3.63, 3.8) is 0 Å². The Morgan fingerprint density at radius 1 is 1.03 bits per heavy atom. The molecule has 1 atom stereocenters. The fourth-order valence-electron chi connectivity index (χ4n) is 4.81. The molecule has 0 amide bonds. The molecule has 0 aliphatic rings. The molecule has 1 unspecified atom stereocenters. The summed E-state index contributed by atoms with van der Waals surface area (Å²) in [6.07, 6.45) is 3.44. The SMILES string of the molecule is CCCC(c1nnnn1Cc1ccco1)N(Cc1ccccc1)Cc1cc2cc(C)c(C)cc2[nH]c1=O. The normalized spacial score (nSPS) is 12.4. The average molecular weight is 497 g/mol. The molecule has 0 saturated heterocycles. The van der Waals surface area contributed by atoms with Crippen LogP contribution < -0.4 is 5.56 Å². The van der Waals surface area contributed by atoms with Gasteiger partial charge in [0.05, 0.1) is 12.3 Å². The number of aromatic nitrogens is 5. The lowest BCUT2D eigenvalue weighted by Crippen LogP contribution is -2.32. The molecule has 1 N–H and O–H groups in total. The summed E-state index contributed by atoms with van der Waals surface area (Å²) in [5.74, 6) is 1.55. The minimum Gasteiger partial charge on any atom is -0.467 e. The first-order valence-corrected chi connectivity index (χ1v) is 12.7. The molecule has 8 nitrogen and oxygen atoms in total. The van der Waals surface area contributed by atoms with Crippen molar-refractivity contribution < 1.29 is 4.42 Å². The number of furan rings is 1. The molecule has 8 heteroatoms. The molecule has 5 rings (SSSR count). The lowest BCUT2D eigenvalue weighted by atomic mass is 10.0. The maximum Gasteiger partial charge on any atom is 0.252 e. The Kier molecular flexibility index (Phi) is 7.28. The first kappa shape index (κ1) is 24.6. The number of aryl methyl sites for hydroxylation is 2. The number of rotatable bonds is 10. The van der Waals surface area contributed by atoms with E-state index in [2.05, 4.69) is 64.4 Å². The van der Waals surface area contributed by atoms with Crippen LogP contribution in [-0.2, 0) is 19.6 Å². The lowest BCUT2D eigenvalue weighted by Gasteiger charge is -2.31. The molecular formula is C29H32N6O2. The van der Waals surface area contributed by atoms with Crippen molar-refractivity contribution in [3.8, 4) is 0 Å². The number of H-pyrrole nitrogens is 1. The Morgan fingerprint density at radius 2 is 1.84 bits per heavy atom. The van der Waals surface area contributed by atoms with Gasteiger partial charge in [0, 0.05) is 24.2 Å². The summed E-state index contributed by atoms with van der Waals surface area (Å²) in [6.45, 7) is 7.88. The van der Waals surface area contributed by atoms with Crippen LogP contribution in [0, 0.1) is 13.8 Å². The van der Waals surface area contributed by atoms with E-state index in [1.807, 2.05) is 42.5 Å². The molecule has 0 aliphatic heterocycles. The van der Waals surface area contributed by atoms with Gasteiger partial charge in [0.15, 0.2) is 5.82 Å². The van der Waals surface area contributed by atoms with Crippen molar-refractivity contribution in [1.82, 2.24) is 30.1 Å². The van der Waals surface area contributed by atoms with Gasteiger partial charge in [-0.15, -0.1) is 5.10 Å². The third-order valence-corrected chi connectivity index (χ3v) is 6.88. The molecule has 0 fully saturated rings. The van der Waals surface area contributed by atoms with Crippen molar-refractivity contribution in [2.24, 2.45) is 0 Å². The van der Waals surface area contributed by atoms with Crippen LogP contribution in [0.15, 0.2) is 76.1 Å². The van der Waals surface area contributed by atoms with E-state index in [0.717, 1.165) is 52.0 Å². The minimum atomic E-state index is -0.0926. The van der Waals surface area contributed by atoms with Gasteiger partial charge in [0.1, 0.15) is 12.3 Å². The van der Waals surface area contributed by atoms with E-state index in [1.54, 1.807) is 10.9 Å². The van der Waals surface area contributed by atoms with E-state index in [0.29, 0.717) is 19.6 Å². The van der Waals surface area contributed by atoms with Gasteiger partial charge in [-0.2, -0.15) is 0 Å². The second kappa shape index (κ2) is 10.9. The van der Waals surface area contributed by atoms with Crippen LogP contribution in [-0.4, -0.2) is 30.1 Å². The molecule has 3 heterocycles. The molecule has 0 saturated carbocycles. The number of tetrazole rings is 1. The summed E-state index contributed by atoms with van der Waals surface area (Å²) in [4.78, 5) is 18.6. The Morgan fingerprint density at radius 3 is 2.59 bits per heavy atom. The number of hydrogen-bond donors (Lipinski definition) is 1. The highest BCUT2D eigenvalue weighted by molar-refractivity contribution is 5.80. The van der Waals surface area contributed by atoms with E-state index in [1.165, 1.54) is 5.56 Å². The van der Waals surface area contributed by atoms with E-state index in [4.69, 9.17) is 4.42 Å². The predicted octanol–water partition coefficient (Wildman–Crippen LogP) is 5.32. The second-order valence-corrected chi connectivity index (χ2v) is 9.62. The molecular weight excluding hydrogens is 464 g/mol. The van der Waals surface area contributed by atoms with Gasteiger partial charge in [-0.3, -0.25) is 9.69 Å². The Bertz CT molecular complexity index is 1520. The Balaban J connectivity index is 1.54. The van der Waals surface area contributed by atoms with Gasteiger partial charge >= 0.3 is 0 Å². The molecule has 5 aromatic rings. The predicted molar refractivity (Wildman–Crippen MR) is 143 cm³/mol. The van der Waals surface area contributed by atoms with Crippen molar-refractivity contribution in [2.45, 2.75) is 59.3 Å². The number of benzene rings is 2. The third kappa shape index (κ3) is 5.54.